The van der Waals surface area contributed by atoms with E-state index in [9.17, 15) is 0 Å². The van der Waals surface area contributed by atoms with Crippen molar-refractivity contribution in [3.63, 3.8) is 0 Å². The number of rotatable bonds is 0. The number of nitrogens with zero attached hydrogens (tertiary/aromatic N) is 1. The van der Waals surface area contributed by atoms with E-state index in [1.54, 1.807) is 0 Å². The maximum absolute atomic E-state index is 5.62. The summed E-state index contributed by atoms with van der Waals surface area (Å²) < 4.78 is 7.86. The minimum absolute atomic E-state index is 0.534. The zero-order valence-electron chi connectivity index (χ0n) is 8.44. The van der Waals surface area contributed by atoms with Crippen LogP contribution in [0.15, 0.2) is 0 Å². The van der Waals surface area contributed by atoms with E-state index in [1.807, 2.05) is 0 Å². The zero-order valence-corrected chi connectivity index (χ0v) is 9.33. The average molecular weight is 201 g/mol. The standard InChI is InChI=1S/C10H19NOS/c1-7-3-8(2)10-6-12-5-9(4-7)11(10)13/h7-10,13H,3-6H2,1-2H3. The first kappa shape index (κ1) is 9.81. The third kappa shape index (κ3) is 1.88. The molecule has 0 spiro atoms. The highest BCUT2D eigenvalue weighted by molar-refractivity contribution is 7.77. The van der Waals surface area contributed by atoms with Gasteiger partial charge in [-0.05, 0) is 24.7 Å². The molecule has 4 atom stereocenters. The van der Waals surface area contributed by atoms with Gasteiger partial charge in [0, 0.05) is 12.1 Å². The number of fused-ring (bicyclic) bond motifs is 2. The third-order valence-corrected chi connectivity index (χ3v) is 4.04. The molecule has 0 saturated carbocycles. The van der Waals surface area contributed by atoms with Crippen LogP contribution in [0.3, 0.4) is 0 Å². The molecule has 0 aliphatic carbocycles. The lowest BCUT2D eigenvalue weighted by Crippen LogP contribution is -2.48. The summed E-state index contributed by atoms with van der Waals surface area (Å²) in [6.45, 7) is 6.41. The van der Waals surface area contributed by atoms with Crippen LogP contribution >= 0.6 is 12.8 Å². The molecular weight excluding hydrogens is 182 g/mol. The Bertz CT molecular complexity index is 188. The topological polar surface area (TPSA) is 12.5 Å². The van der Waals surface area contributed by atoms with E-state index in [2.05, 4.69) is 31.0 Å². The van der Waals surface area contributed by atoms with Crippen LogP contribution in [0.5, 0.6) is 0 Å². The number of hydrogen-bond acceptors (Lipinski definition) is 3. The Morgan fingerprint density at radius 2 is 2.00 bits per heavy atom. The molecule has 3 heteroatoms. The summed E-state index contributed by atoms with van der Waals surface area (Å²) in [5.41, 5.74) is 0. The van der Waals surface area contributed by atoms with Crippen LogP contribution in [0.25, 0.3) is 0 Å². The highest BCUT2D eigenvalue weighted by Crippen LogP contribution is 2.34. The first-order chi connectivity index (χ1) is 6.18. The van der Waals surface area contributed by atoms with Gasteiger partial charge in [-0.25, -0.2) is 4.31 Å². The normalized spacial score (nSPS) is 47.3. The lowest BCUT2D eigenvalue weighted by Gasteiger charge is -2.38. The molecule has 2 rings (SSSR count). The molecule has 0 amide bonds. The molecule has 2 aliphatic heterocycles. The van der Waals surface area contributed by atoms with Crippen molar-refractivity contribution in [3.8, 4) is 0 Å². The maximum Gasteiger partial charge on any atom is 0.0634 e. The molecule has 2 saturated heterocycles. The molecule has 13 heavy (non-hydrogen) atoms. The molecule has 0 N–H and O–H groups in total. The molecule has 2 fully saturated rings. The van der Waals surface area contributed by atoms with E-state index in [0.717, 1.165) is 25.0 Å². The summed E-state index contributed by atoms with van der Waals surface area (Å²) in [7, 11) is 0. The second-order valence-electron chi connectivity index (χ2n) is 4.69. The van der Waals surface area contributed by atoms with Gasteiger partial charge in [-0.3, -0.25) is 0 Å². The molecule has 0 aromatic rings. The van der Waals surface area contributed by atoms with Crippen LogP contribution in [0.4, 0.5) is 0 Å². The fraction of sp³-hybridized carbons (Fsp3) is 1.00. The van der Waals surface area contributed by atoms with Crippen molar-refractivity contribution in [1.29, 1.82) is 0 Å². The van der Waals surface area contributed by atoms with E-state index in [4.69, 9.17) is 4.74 Å². The van der Waals surface area contributed by atoms with Crippen molar-refractivity contribution >= 4 is 12.8 Å². The predicted octanol–water partition coefficient (Wildman–Crippen LogP) is 1.97. The Morgan fingerprint density at radius 3 is 2.77 bits per heavy atom. The fourth-order valence-electron chi connectivity index (χ4n) is 2.70. The lowest BCUT2D eigenvalue weighted by molar-refractivity contribution is -0.0103. The van der Waals surface area contributed by atoms with Gasteiger partial charge in [0.15, 0.2) is 0 Å². The van der Waals surface area contributed by atoms with E-state index in [-0.39, 0.29) is 0 Å². The minimum Gasteiger partial charge on any atom is -0.378 e. The summed E-state index contributed by atoms with van der Waals surface area (Å²) in [5.74, 6) is 1.54. The Hall–Kier alpha value is 0.270. The van der Waals surface area contributed by atoms with Gasteiger partial charge < -0.3 is 4.74 Å². The first-order valence-electron chi connectivity index (χ1n) is 5.23. The molecule has 0 radical (unpaired) electrons. The van der Waals surface area contributed by atoms with E-state index < -0.39 is 0 Å². The number of thiol groups is 1. The largest absolute Gasteiger partial charge is 0.378 e. The van der Waals surface area contributed by atoms with E-state index in [1.165, 1.54) is 12.8 Å². The molecule has 2 aliphatic rings. The van der Waals surface area contributed by atoms with Gasteiger partial charge in [0.2, 0.25) is 0 Å². The highest BCUT2D eigenvalue weighted by Gasteiger charge is 2.37. The van der Waals surface area contributed by atoms with E-state index >= 15 is 0 Å². The van der Waals surface area contributed by atoms with Gasteiger partial charge in [-0.1, -0.05) is 26.7 Å². The van der Waals surface area contributed by atoms with Crippen molar-refractivity contribution in [3.05, 3.63) is 0 Å². The van der Waals surface area contributed by atoms with Crippen molar-refractivity contribution in [1.82, 2.24) is 4.31 Å². The number of morpholine rings is 1. The van der Waals surface area contributed by atoms with Gasteiger partial charge >= 0.3 is 0 Å². The Kier molecular flexibility index (Phi) is 2.86. The summed E-state index contributed by atoms with van der Waals surface area (Å²) in [6.07, 6.45) is 2.56. The van der Waals surface area contributed by atoms with Gasteiger partial charge in [0.25, 0.3) is 0 Å². The average Bonchev–Trinajstić information content (AvgIpc) is 2.15. The van der Waals surface area contributed by atoms with Crippen molar-refractivity contribution < 1.29 is 4.74 Å². The molecule has 2 nitrogen and oxygen atoms in total. The SMILES string of the molecule is CC1CC(C)C2COCC(C1)N2S. The molecule has 0 aromatic carbocycles. The molecular formula is C10H19NOS. The van der Waals surface area contributed by atoms with Crippen molar-refractivity contribution in [2.45, 2.75) is 38.8 Å². The van der Waals surface area contributed by atoms with Gasteiger partial charge in [-0.2, -0.15) is 0 Å². The maximum atomic E-state index is 5.62. The van der Waals surface area contributed by atoms with Crippen LogP contribution in [0.2, 0.25) is 0 Å². The first-order valence-corrected chi connectivity index (χ1v) is 5.63. The Labute approximate surface area is 86.2 Å². The smallest absolute Gasteiger partial charge is 0.0634 e. The second-order valence-corrected chi connectivity index (χ2v) is 5.15. The minimum atomic E-state index is 0.534. The third-order valence-electron chi connectivity index (χ3n) is 3.42. The molecule has 0 aromatic heterocycles. The predicted molar refractivity (Wildman–Crippen MR) is 56.8 cm³/mol. The van der Waals surface area contributed by atoms with Crippen molar-refractivity contribution in [2.24, 2.45) is 11.8 Å². The summed E-state index contributed by atoms with van der Waals surface area (Å²) in [6, 6.07) is 1.08. The van der Waals surface area contributed by atoms with Crippen LogP contribution in [-0.2, 0) is 4.74 Å². The monoisotopic (exact) mass is 201 g/mol. The van der Waals surface area contributed by atoms with Crippen LogP contribution in [-0.4, -0.2) is 29.6 Å². The van der Waals surface area contributed by atoms with Crippen LogP contribution in [0, 0.1) is 11.8 Å². The number of hydrogen-bond donors (Lipinski definition) is 1. The second kappa shape index (κ2) is 3.79. The summed E-state index contributed by atoms with van der Waals surface area (Å²) in [5, 5.41) is 0. The highest BCUT2D eigenvalue weighted by atomic mass is 32.1. The Morgan fingerprint density at radius 1 is 1.23 bits per heavy atom. The molecule has 4 unspecified atom stereocenters. The fourth-order valence-corrected chi connectivity index (χ4v) is 3.16. The van der Waals surface area contributed by atoms with Gasteiger partial charge in [0.1, 0.15) is 0 Å². The van der Waals surface area contributed by atoms with Gasteiger partial charge in [-0.15, -0.1) is 0 Å². The molecule has 76 valence electrons. The molecule has 2 heterocycles. The van der Waals surface area contributed by atoms with Gasteiger partial charge in [0.05, 0.1) is 13.2 Å². The number of ether oxygens (including phenoxy) is 1. The summed E-state index contributed by atoms with van der Waals surface area (Å²) in [4.78, 5) is 0. The summed E-state index contributed by atoms with van der Waals surface area (Å²) >= 11 is 4.60. The van der Waals surface area contributed by atoms with E-state index in [0.29, 0.717) is 12.1 Å². The Balaban J connectivity index is 2.15. The van der Waals surface area contributed by atoms with Crippen molar-refractivity contribution in [2.75, 3.05) is 13.2 Å². The quantitative estimate of drug-likeness (QED) is 0.602. The van der Waals surface area contributed by atoms with Crippen LogP contribution in [0.1, 0.15) is 26.7 Å². The van der Waals surface area contributed by atoms with Crippen LogP contribution < -0.4 is 0 Å². The zero-order chi connectivity index (χ0) is 9.42. The molecule has 2 bridgehead atoms. The lowest BCUT2D eigenvalue weighted by atomic mass is 9.92.